The molecule has 1 heterocycles. The van der Waals surface area contributed by atoms with E-state index in [0.29, 0.717) is 5.56 Å². The SMILES string of the molecule is CCOC(=O)COC(=O)Cc1ccc(S(C)(=O)=O)cc1Cl.CS(=O)(=O)c1ccc(C2=C(O)COC2=O)c(Cl)c1. The lowest BCUT2D eigenvalue weighted by Crippen LogP contribution is -2.17. The number of sulfone groups is 2. The molecule has 1 N–H and O–H groups in total. The molecular formula is C24H24Cl2O11S2. The standard InChI is InChI=1S/C13H15ClO6S.C11H9ClO5S/c1-3-19-13(16)8-20-12(15)6-9-4-5-10(7-11(9)14)21(2,17)18;1-18(15,16)6-2-3-7(8(12)4-6)10-9(13)5-17-11(10)14/h4-5,7H,3,6,8H2,1-2H3;2-4,13H,5H2,1H3. The summed E-state index contributed by atoms with van der Waals surface area (Å²) in [6.07, 6.45) is 1.95. The van der Waals surface area contributed by atoms with Gasteiger partial charge in [-0.1, -0.05) is 35.3 Å². The van der Waals surface area contributed by atoms with Crippen molar-refractivity contribution < 1.29 is 50.5 Å². The first-order chi connectivity index (χ1) is 18.0. The Hall–Kier alpha value is -3.13. The lowest BCUT2D eigenvalue weighted by Gasteiger charge is -2.07. The fourth-order valence-electron chi connectivity index (χ4n) is 3.04. The van der Waals surface area contributed by atoms with E-state index in [2.05, 4.69) is 9.47 Å². The number of hydrogen-bond donors (Lipinski definition) is 1. The minimum Gasteiger partial charge on any atom is -0.508 e. The maximum Gasteiger partial charge on any atom is 0.344 e. The molecule has 0 spiro atoms. The van der Waals surface area contributed by atoms with E-state index in [4.69, 9.17) is 27.9 Å². The Morgan fingerprint density at radius 2 is 1.49 bits per heavy atom. The van der Waals surface area contributed by atoms with Crippen LogP contribution < -0.4 is 0 Å². The molecule has 0 aromatic heterocycles. The molecule has 11 nitrogen and oxygen atoms in total. The number of cyclic esters (lactones) is 1. The Balaban J connectivity index is 0.000000276. The summed E-state index contributed by atoms with van der Waals surface area (Å²) >= 11 is 11.9. The molecule has 3 rings (SSSR count). The highest BCUT2D eigenvalue weighted by Gasteiger charge is 2.28. The topological polar surface area (TPSA) is 167 Å². The van der Waals surface area contributed by atoms with Gasteiger partial charge in [-0.2, -0.15) is 0 Å². The lowest BCUT2D eigenvalue weighted by atomic mass is 10.1. The monoisotopic (exact) mass is 622 g/mol. The van der Waals surface area contributed by atoms with Crippen LogP contribution in [-0.2, 0) is 54.7 Å². The van der Waals surface area contributed by atoms with Crippen LogP contribution in [0.2, 0.25) is 10.0 Å². The summed E-state index contributed by atoms with van der Waals surface area (Å²) < 4.78 is 59.4. The second-order valence-electron chi connectivity index (χ2n) is 7.98. The van der Waals surface area contributed by atoms with Crippen LogP contribution in [0.4, 0.5) is 0 Å². The second-order valence-corrected chi connectivity index (χ2v) is 12.8. The van der Waals surface area contributed by atoms with Crippen molar-refractivity contribution >= 4 is 66.4 Å². The van der Waals surface area contributed by atoms with E-state index in [1.54, 1.807) is 6.92 Å². The zero-order chi connectivity index (χ0) is 29.5. The molecule has 0 unspecified atom stereocenters. The molecular weight excluding hydrogens is 599 g/mol. The number of benzene rings is 2. The number of hydrogen-bond acceptors (Lipinski definition) is 11. The Labute approximate surface area is 235 Å². The molecule has 0 saturated carbocycles. The van der Waals surface area contributed by atoms with Gasteiger partial charge in [0.2, 0.25) is 0 Å². The van der Waals surface area contributed by atoms with Crippen molar-refractivity contribution in [2.75, 3.05) is 32.3 Å². The predicted octanol–water partition coefficient (Wildman–Crippen LogP) is 2.96. The van der Waals surface area contributed by atoms with Crippen molar-refractivity contribution in [2.45, 2.75) is 23.1 Å². The first-order valence-corrected chi connectivity index (χ1v) is 15.5. The number of aliphatic hydroxyl groups excluding tert-OH is 1. The van der Waals surface area contributed by atoms with Gasteiger partial charge in [0.25, 0.3) is 0 Å². The number of carbonyl (C=O) groups is 3. The maximum atomic E-state index is 11.5. The van der Waals surface area contributed by atoms with Crippen LogP contribution in [0.5, 0.6) is 0 Å². The van der Waals surface area contributed by atoms with Crippen LogP contribution in [0.15, 0.2) is 51.9 Å². The summed E-state index contributed by atoms with van der Waals surface area (Å²) in [6.45, 7) is 1.18. The molecule has 2 aromatic carbocycles. The third kappa shape index (κ3) is 9.24. The van der Waals surface area contributed by atoms with Gasteiger partial charge in [0.1, 0.15) is 17.9 Å². The van der Waals surface area contributed by atoms with Gasteiger partial charge in [0.15, 0.2) is 26.3 Å². The first kappa shape index (κ1) is 32.1. The molecule has 0 amide bonds. The van der Waals surface area contributed by atoms with E-state index in [-0.39, 0.29) is 56.4 Å². The summed E-state index contributed by atoms with van der Waals surface area (Å²) in [4.78, 5) is 34.1. The highest BCUT2D eigenvalue weighted by Crippen LogP contribution is 2.32. The van der Waals surface area contributed by atoms with Gasteiger partial charge in [-0.3, -0.25) is 4.79 Å². The van der Waals surface area contributed by atoms with E-state index in [0.717, 1.165) is 12.5 Å². The molecule has 1 aliphatic heterocycles. The summed E-state index contributed by atoms with van der Waals surface area (Å²) in [7, 11) is -6.73. The molecule has 0 saturated heterocycles. The number of ether oxygens (including phenoxy) is 3. The van der Waals surface area contributed by atoms with Crippen molar-refractivity contribution in [2.24, 2.45) is 0 Å². The van der Waals surface area contributed by atoms with Crippen LogP contribution in [0, 0.1) is 0 Å². The van der Waals surface area contributed by atoms with Crippen molar-refractivity contribution in [1.82, 2.24) is 0 Å². The molecule has 39 heavy (non-hydrogen) atoms. The predicted molar refractivity (Wildman–Crippen MR) is 141 cm³/mol. The Morgan fingerprint density at radius 1 is 0.923 bits per heavy atom. The molecule has 0 radical (unpaired) electrons. The van der Waals surface area contributed by atoms with Gasteiger partial charge in [0, 0.05) is 23.1 Å². The molecule has 0 atom stereocenters. The van der Waals surface area contributed by atoms with Gasteiger partial charge >= 0.3 is 17.9 Å². The summed E-state index contributed by atoms with van der Waals surface area (Å²) in [5.41, 5.74) is 0.641. The van der Waals surface area contributed by atoms with Crippen LogP contribution in [0.25, 0.3) is 5.57 Å². The van der Waals surface area contributed by atoms with Crippen molar-refractivity contribution in [3.05, 3.63) is 63.3 Å². The number of halogens is 2. The van der Waals surface area contributed by atoms with Crippen molar-refractivity contribution in [3.8, 4) is 0 Å². The van der Waals surface area contributed by atoms with Crippen LogP contribution in [0.3, 0.4) is 0 Å². The highest BCUT2D eigenvalue weighted by atomic mass is 35.5. The van der Waals surface area contributed by atoms with Crippen LogP contribution in [-0.4, -0.2) is 72.2 Å². The first-order valence-electron chi connectivity index (χ1n) is 10.9. The number of carbonyl (C=O) groups excluding carboxylic acids is 3. The quantitative estimate of drug-likeness (QED) is 0.339. The van der Waals surface area contributed by atoms with E-state index in [9.17, 15) is 36.3 Å². The Morgan fingerprint density at radius 3 is 1.95 bits per heavy atom. The largest absolute Gasteiger partial charge is 0.508 e. The molecule has 212 valence electrons. The molecule has 1 aliphatic rings. The summed E-state index contributed by atoms with van der Waals surface area (Å²) in [5, 5.41) is 9.74. The third-order valence-corrected chi connectivity index (χ3v) is 7.80. The normalized spacial score (nSPS) is 13.3. The smallest absolute Gasteiger partial charge is 0.344 e. The van der Waals surface area contributed by atoms with Crippen molar-refractivity contribution in [3.63, 3.8) is 0 Å². The van der Waals surface area contributed by atoms with E-state index in [1.807, 2.05) is 0 Å². The Kier molecular flexibility index (Phi) is 10.9. The fourth-order valence-corrected chi connectivity index (χ4v) is 4.99. The highest BCUT2D eigenvalue weighted by molar-refractivity contribution is 7.91. The van der Waals surface area contributed by atoms with Crippen LogP contribution >= 0.6 is 23.2 Å². The van der Waals surface area contributed by atoms with Gasteiger partial charge < -0.3 is 19.3 Å². The minimum atomic E-state index is -3.37. The fraction of sp³-hybridized carbons (Fsp3) is 0.292. The van der Waals surface area contributed by atoms with E-state index < -0.39 is 44.2 Å². The van der Waals surface area contributed by atoms with Gasteiger partial charge in [-0.25, -0.2) is 26.4 Å². The molecule has 0 bridgehead atoms. The average molecular weight is 623 g/mol. The zero-order valence-corrected chi connectivity index (χ0v) is 24.0. The Bertz CT molecular complexity index is 1530. The second kappa shape index (κ2) is 13.3. The van der Waals surface area contributed by atoms with Gasteiger partial charge in [-0.05, 0) is 36.8 Å². The van der Waals surface area contributed by atoms with Crippen molar-refractivity contribution in [1.29, 1.82) is 0 Å². The number of esters is 3. The van der Waals surface area contributed by atoms with Crippen LogP contribution in [0.1, 0.15) is 18.1 Å². The minimum absolute atomic E-state index is 0.0277. The zero-order valence-electron chi connectivity index (χ0n) is 20.9. The summed E-state index contributed by atoms with van der Waals surface area (Å²) in [5.74, 6) is -2.18. The maximum absolute atomic E-state index is 11.5. The van der Waals surface area contributed by atoms with E-state index >= 15 is 0 Å². The molecule has 2 aromatic rings. The third-order valence-electron chi connectivity index (χ3n) is 4.91. The van der Waals surface area contributed by atoms with E-state index in [1.165, 1.54) is 36.4 Å². The lowest BCUT2D eigenvalue weighted by molar-refractivity contribution is -0.158. The molecule has 0 fully saturated rings. The molecule has 15 heteroatoms. The van der Waals surface area contributed by atoms with Gasteiger partial charge in [-0.15, -0.1) is 0 Å². The number of rotatable bonds is 8. The van der Waals surface area contributed by atoms with Gasteiger partial charge in [0.05, 0.1) is 27.8 Å². The average Bonchev–Trinajstić information content (AvgIpc) is 3.16. The number of aliphatic hydroxyl groups is 1. The molecule has 0 aliphatic carbocycles. The summed E-state index contributed by atoms with van der Waals surface area (Å²) in [6, 6.07) is 7.99.